The van der Waals surface area contributed by atoms with Gasteiger partial charge in [-0.05, 0) is 0 Å². The van der Waals surface area contributed by atoms with Gasteiger partial charge in [0.05, 0.1) is 4.92 Å². The highest BCUT2D eigenvalue weighted by Gasteiger charge is 2.57. The SMILES string of the molecule is COCN(C(C)=O)C1C([N+](=O)[O-])=CC=CC1(Br)[N+](=O)[O-]. The molecule has 0 aromatic heterocycles. The van der Waals surface area contributed by atoms with Crippen LogP contribution in [0.4, 0.5) is 0 Å². The molecule has 110 valence electrons. The quantitative estimate of drug-likeness (QED) is 0.239. The van der Waals surface area contributed by atoms with E-state index in [4.69, 9.17) is 4.74 Å². The molecule has 0 saturated carbocycles. The van der Waals surface area contributed by atoms with Crippen molar-refractivity contribution in [1.29, 1.82) is 0 Å². The summed E-state index contributed by atoms with van der Waals surface area (Å²) in [5, 5.41) is 22.4. The number of halogens is 1. The molecule has 2 unspecified atom stereocenters. The van der Waals surface area contributed by atoms with Crippen molar-refractivity contribution < 1.29 is 19.4 Å². The molecule has 0 bridgehead atoms. The van der Waals surface area contributed by atoms with E-state index >= 15 is 0 Å². The Kier molecular flexibility index (Phi) is 4.95. The molecule has 0 saturated heterocycles. The summed E-state index contributed by atoms with van der Waals surface area (Å²) >= 11 is 2.89. The highest BCUT2D eigenvalue weighted by molar-refractivity contribution is 9.10. The molecule has 10 heteroatoms. The van der Waals surface area contributed by atoms with Gasteiger partial charge in [0, 0.05) is 47.0 Å². The van der Waals surface area contributed by atoms with E-state index in [1.807, 2.05) is 0 Å². The predicted molar refractivity (Wildman–Crippen MR) is 71.1 cm³/mol. The minimum Gasteiger partial charge on any atom is -0.364 e. The third-order valence-corrected chi connectivity index (χ3v) is 3.72. The van der Waals surface area contributed by atoms with E-state index in [1.54, 1.807) is 0 Å². The summed E-state index contributed by atoms with van der Waals surface area (Å²) in [6.07, 6.45) is 3.48. The summed E-state index contributed by atoms with van der Waals surface area (Å²) in [4.78, 5) is 33.4. The van der Waals surface area contributed by atoms with Crippen molar-refractivity contribution in [2.24, 2.45) is 0 Å². The molecule has 9 nitrogen and oxygen atoms in total. The third kappa shape index (κ3) is 2.85. The number of ether oxygens (including phenoxy) is 1. The molecule has 0 radical (unpaired) electrons. The molecule has 2 atom stereocenters. The maximum absolute atomic E-state index is 11.6. The number of rotatable bonds is 5. The van der Waals surface area contributed by atoms with E-state index in [9.17, 15) is 25.0 Å². The molecular formula is C10H12BrN3O6. The lowest BCUT2D eigenvalue weighted by Crippen LogP contribution is -2.57. The number of methoxy groups -OCH3 is 1. The van der Waals surface area contributed by atoms with Gasteiger partial charge in [-0.1, -0.05) is 6.08 Å². The van der Waals surface area contributed by atoms with E-state index in [0.29, 0.717) is 0 Å². The zero-order valence-electron chi connectivity index (χ0n) is 10.7. The van der Waals surface area contributed by atoms with Crippen LogP contribution in [0.5, 0.6) is 0 Å². The first-order valence-corrected chi connectivity index (χ1v) is 6.18. The summed E-state index contributed by atoms with van der Waals surface area (Å²) in [5.41, 5.74) is -0.465. The fourth-order valence-electron chi connectivity index (χ4n) is 1.86. The fourth-order valence-corrected chi connectivity index (χ4v) is 2.49. The standard InChI is InChI=1S/C10H12BrN3O6/c1-7(15)12(6-20-2)9-8(13(16)17)4-3-5-10(9,11)14(18)19/h3-5,9H,6H2,1-2H3. The number of allylic oxidation sites excluding steroid dienone is 2. The van der Waals surface area contributed by atoms with Gasteiger partial charge in [0.1, 0.15) is 6.73 Å². The maximum Gasteiger partial charge on any atom is 0.323 e. The van der Waals surface area contributed by atoms with Crippen LogP contribution in [0.15, 0.2) is 23.9 Å². The van der Waals surface area contributed by atoms with Crippen LogP contribution in [0.1, 0.15) is 6.92 Å². The average Bonchev–Trinajstić information content (AvgIpc) is 2.35. The second-order valence-electron chi connectivity index (χ2n) is 4.00. The van der Waals surface area contributed by atoms with Crippen molar-refractivity contribution in [3.05, 3.63) is 44.2 Å². The smallest absolute Gasteiger partial charge is 0.323 e. The molecule has 0 spiro atoms. The van der Waals surface area contributed by atoms with Gasteiger partial charge in [0.2, 0.25) is 11.9 Å². The number of hydrogen-bond donors (Lipinski definition) is 0. The highest BCUT2D eigenvalue weighted by atomic mass is 79.9. The van der Waals surface area contributed by atoms with Crippen LogP contribution >= 0.6 is 15.9 Å². The van der Waals surface area contributed by atoms with Crippen LogP contribution in [-0.4, -0.2) is 45.0 Å². The molecule has 0 heterocycles. The largest absolute Gasteiger partial charge is 0.364 e. The molecule has 1 aliphatic carbocycles. The number of carbonyl (C=O) groups excluding carboxylic acids is 1. The summed E-state index contributed by atoms with van der Waals surface area (Å²) in [6.45, 7) is 0.850. The van der Waals surface area contributed by atoms with Crippen LogP contribution in [0.3, 0.4) is 0 Å². The van der Waals surface area contributed by atoms with Crippen LogP contribution < -0.4 is 0 Å². The number of carbonyl (C=O) groups is 1. The van der Waals surface area contributed by atoms with Gasteiger partial charge >= 0.3 is 4.45 Å². The van der Waals surface area contributed by atoms with Crippen LogP contribution in [0.2, 0.25) is 0 Å². The van der Waals surface area contributed by atoms with Crippen molar-refractivity contribution in [3.63, 3.8) is 0 Å². The Morgan fingerprint density at radius 1 is 1.55 bits per heavy atom. The van der Waals surface area contributed by atoms with Crippen molar-refractivity contribution >= 4 is 21.8 Å². The zero-order chi connectivity index (χ0) is 15.5. The topological polar surface area (TPSA) is 116 Å². The van der Waals surface area contributed by atoms with Gasteiger partial charge in [0.15, 0.2) is 0 Å². The molecule has 1 amide bonds. The highest BCUT2D eigenvalue weighted by Crippen LogP contribution is 2.36. The van der Waals surface area contributed by atoms with Crippen molar-refractivity contribution in [1.82, 2.24) is 4.90 Å². The Labute approximate surface area is 122 Å². The molecule has 0 N–H and O–H groups in total. The minimum absolute atomic E-state index is 0.305. The van der Waals surface area contributed by atoms with Crippen LogP contribution in [0.25, 0.3) is 0 Å². The van der Waals surface area contributed by atoms with Crippen molar-refractivity contribution in [3.8, 4) is 0 Å². The lowest BCUT2D eigenvalue weighted by molar-refractivity contribution is -0.538. The minimum atomic E-state index is -1.98. The normalized spacial score (nSPS) is 24.9. The summed E-state index contributed by atoms with van der Waals surface area (Å²) in [5.74, 6) is -0.578. The van der Waals surface area contributed by atoms with Crippen molar-refractivity contribution in [2.45, 2.75) is 17.4 Å². The average molecular weight is 350 g/mol. The Morgan fingerprint density at radius 2 is 2.15 bits per heavy atom. The molecule has 1 aliphatic rings. The summed E-state index contributed by atoms with van der Waals surface area (Å²) in [7, 11) is 1.28. The number of hydrogen-bond acceptors (Lipinski definition) is 6. The van der Waals surface area contributed by atoms with E-state index in [-0.39, 0.29) is 6.73 Å². The molecule has 1 rings (SSSR count). The Morgan fingerprint density at radius 3 is 2.55 bits per heavy atom. The number of alkyl halides is 1. The molecule has 0 aromatic carbocycles. The molecular weight excluding hydrogens is 338 g/mol. The van der Waals surface area contributed by atoms with Gasteiger partial charge in [-0.2, -0.15) is 0 Å². The van der Waals surface area contributed by atoms with E-state index in [1.165, 1.54) is 13.2 Å². The van der Waals surface area contributed by atoms with Gasteiger partial charge < -0.3 is 4.74 Å². The lowest BCUT2D eigenvalue weighted by Gasteiger charge is -2.33. The molecule has 0 aliphatic heterocycles. The van der Waals surface area contributed by atoms with E-state index < -0.39 is 31.9 Å². The fraction of sp³-hybridized carbons (Fsp3) is 0.500. The van der Waals surface area contributed by atoms with E-state index in [2.05, 4.69) is 15.9 Å². The number of amides is 1. The second-order valence-corrected chi connectivity index (χ2v) is 5.27. The Hall–Kier alpha value is -1.81. The molecule has 0 fully saturated rings. The summed E-state index contributed by atoms with van der Waals surface area (Å²) in [6, 6.07) is -1.42. The molecule has 0 aromatic rings. The second kappa shape index (κ2) is 6.09. The molecule has 20 heavy (non-hydrogen) atoms. The first-order chi connectivity index (χ1) is 9.25. The number of nitro groups is 2. The first-order valence-electron chi connectivity index (χ1n) is 5.39. The third-order valence-electron chi connectivity index (χ3n) is 2.74. The predicted octanol–water partition coefficient (Wildman–Crippen LogP) is 0.906. The van der Waals surface area contributed by atoms with Gasteiger partial charge in [0.25, 0.3) is 5.70 Å². The van der Waals surface area contributed by atoms with Gasteiger partial charge in [-0.15, -0.1) is 0 Å². The van der Waals surface area contributed by atoms with Gasteiger partial charge in [-0.3, -0.25) is 29.9 Å². The van der Waals surface area contributed by atoms with Crippen molar-refractivity contribution in [2.75, 3.05) is 13.8 Å². The van der Waals surface area contributed by atoms with Gasteiger partial charge in [-0.25, -0.2) is 0 Å². The van der Waals surface area contributed by atoms with E-state index in [0.717, 1.165) is 24.0 Å². The lowest BCUT2D eigenvalue weighted by atomic mass is 9.98. The monoisotopic (exact) mass is 349 g/mol. The number of nitrogens with zero attached hydrogens (tertiary/aromatic N) is 3. The van der Waals surface area contributed by atoms with Crippen LogP contribution in [0, 0.1) is 20.2 Å². The Bertz CT molecular complexity index is 505. The summed E-state index contributed by atoms with van der Waals surface area (Å²) < 4.78 is 2.83. The first kappa shape index (κ1) is 16.2. The Balaban J connectivity index is 3.39. The zero-order valence-corrected chi connectivity index (χ0v) is 12.3. The maximum atomic E-state index is 11.6. The van der Waals surface area contributed by atoms with Crippen LogP contribution in [-0.2, 0) is 9.53 Å².